The Balaban J connectivity index is 1.72. The van der Waals surface area contributed by atoms with E-state index >= 15 is 0 Å². The van der Waals surface area contributed by atoms with E-state index in [0.717, 1.165) is 36.4 Å². The molecule has 1 atom stereocenters. The number of hydrogen-bond acceptors (Lipinski definition) is 5. The number of nitrogens with zero attached hydrogens (tertiary/aromatic N) is 2. The molecule has 0 saturated carbocycles. The van der Waals surface area contributed by atoms with Crippen molar-refractivity contribution >= 4 is 17.8 Å². The molecule has 4 amide bonds. The summed E-state index contributed by atoms with van der Waals surface area (Å²) in [5, 5.41) is 4.22. The molecule has 25 heavy (non-hydrogen) atoms. The van der Waals surface area contributed by atoms with E-state index in [9.17, 15) is 14.4 Å². The summed E-state index contributed by atoms with van der Waals surface area (Å²) in [6, 6.07) is 8.49. The summed E-state index contributed by atoms with van der Waals surface area (Å²) >= 11 is 0. The lowest BCUT2D eigenvalue weighted by Gasteiger charge is -2.34. The Morgan fingerprint density at radius 1 is 1.12 bits per heavy atom. The number of carbonyl (C=O) groups excluding carboxylic acids is 3. The number of carbonyl (C=O) groups is 3. The highest BCUT2D eigenvalue weighted by molar-refractivity contribution is 6.17. The molecule has 2 aliphatic rings. The molecule has 1 aromatic rings. The van der Waals surface area contributed by atoms with E-state index in [2.05, 4.69) is 17.3 Å². The number of benzene rings is 1. The van der Waals surface area contributed by atoms with Crippen LogP contribution in [0.15, 0.2) is 42.6 Å². The van der Waals surface area contributed by atoms with Gasteiger partial charge in [-0.25, -0.2) is 9.80 Å². The minimum absolute atomic E-state index is 0.117. The second-order valence-electron chi connectivity index (χ2n) is 6.32. The van der Waals surface area contributed by atoms with E-state index in [0.29, 0.717) is 5.70 Å². The maximum Gasteiger partial charge on any atom is 0.331 e. The molecule has 2 saturated heterocycles. The number of hydrogen-bond donors (Lipinski definition) is 2. The van der Waals surface area contributed by atoms with Crippen molar-refractivity contribution in [1.29, 1.82) is 0 Å². The molecule has 2 aliphatic heterocycles. The predicted molar refractivity (Wildman–Crippen MR) is 91.7 cm³/mol. The quantitative estimate of drug-likeness (QED) is 0.790. The fourth-order valence-electron chi connectivity index (χ4n) is 3.11. The summed E-state index contributed by atoms with van der Waals surface area (Å²) < 4.78 is 0. The molecule has 7 heteroatoms. The van der Waals surface area contributed by atoms with Crippen molar-refractivity contribution < 1.29 is 14.4 Å². The molecule has 1 aromatic carbocycles. The molecule has 7 nitrogen and oxygen atoms in total. The Bertz CT molecular complexity index is 683. The first-order valence-corrected chi connectivity index (χ1v) is 8.47. The fraction of sp³-hybridized carbons (Fsp3) is 0.389. The van der Waals surface area contributed by atoms with Gasteiger partial charge in [-0.15, -0.1) is 0 Å². The molecular weight excluding hydrogens is 320 g/mol. The zero-order valence-corrected chi connectivity index (χ0v) is 14.0. The van der Waals surface area contributed by atoms with Gasteiger partial charge in [0.2, 0.25) is 11.8 Å². The molecular formula is C18H22N4O3. The smallest absolute Gasteiger partial charge is 0.322 e. The van der Waals surface area contributed by atoms with Crippen molar-refractivity contribution in [3.63, 3.8) is 0 Å². The van der Waals surface area contributed by atoms with Crippen LogP contribution in [0.3, 0.4) is 0 Å². The normalized spacial score (nSPS) is 21.8. The minimum Gasteiger partial charge on any atom is -0.322 e. The van der Waals surface area contributed by atoms with Crippen LogP contribution in [0.5, 0.6) is 0 Å². The van der Waals surface area contributed by atoms with Crippen LogP contribution in [0.25, 0.3) is 0 Å². The van der Waals surface area contributed by atoms with Crippen LogP contribution in [-0.2, 0) is 16.1 Å². The van der Waals surface area contributed by atoms with Crippen molar-refractivity contribution in [3.05, 3.63) is 48.2 Å². The van der Waals surface area contributed by atoms with E-state index in [-0.39, 0.29) is 6.54 Å². The number of piperidine rings is 1. The molecule has 2 fully saturated rings. The van der Waals surface area contributed by atoms with Crippen molar-refractivity contribution in [2.45, 2.75) is 25.8 Å². The Morgan fingerprint density at radius 2 is 1.80 bits per heavy atom. The summed E-state index contributed by atoms with van der Waals surface area (Å²) in [6.07, 6.45) is 3.29. The average molecular weight is 342 g/mol. The zero-order chi connectivity index (χ0) is 17.8. The van der Waals surface area contributed by atoms with E-state index in [1.807, 2.05) is 35.3 Å². The number of hydrazine groups is 1. The van der Waals surface area contributed by atoms with E-state index in [1.165, 1.54) is 6.42 Å². The summed E-state index contributed by atoms with van der Waals surface area (Å²) in [5.41, 5.74) is 4.18. The van der Waals surface area contributed by atoms with Gasteiger partial charge >= 0.3 is 6.03 Å². The SMILES string of the molecule is C=C(NN1CCCCC1)[C@@H]1C(=O)NC(=O)N(Cc2ccccc2)C1=O. The number of rotatable bonds is 5. The highest BCUT2D eigenvalue weighted by Gasteiger charge is 2.42. The topological polar surface area (TPSA) is 81.8 Å². The molecule has 2 heterocycles. The van der Waals surface area contributed by atoms with Crippen molar-refractivity contribution in [3.8, 4) is 0 Å². The number of imide groups is 2. The molecule has 0 spiro atoms. The molecule has 0 aromatic heterocycles. The summed E-state index contributed by atoms with van der Waals surface area (Å²) in [6.45, 7) is 5.67. The first-order valence-electron chi connectivity index (χ1n) is 8.47. The van der Waals surface area contributed by atoms with Crippen LogP contribution in [0.4, 0.5) is 4.79 Å². The van der Waals surface area contributed by atoms with E-state index in [1.54, 1.807) is 0 Å². The lowest BCUT2D eigenvalue weighted by molar-refractivity contribution is -0.141. The van der Waals surface area contributed by atoms with Gasteiger partial charge in [-0.3, -0.25) is 19.8 Å². The first-order chi connectivity index (χ1) is 12.1. The van der Waals surface area contributed by atoms with Gasteiger partial charge in [0.15, 0.2) is 5.92 Å². The third kappa shape index (κ3) is 3.88. The Kier molecular flexibility index (Phi) is 5.14. The monoisotopic (exact) mass is 342 g/mol. The van der Waals surface area contributed by atoms with Gasteiger partial charge in [-0.2, -0.15) is 0 Å². The maximum absolute atomic E-state index is 12.8. The molecule has 2 N–H and O–H groups in total. The highest BCUT2D eigenvalue weighted by Crippen LogP contribution is 2.19. The average Bonchev–Trinajstić information content (AvgIpc) is 2.60. The second kappa shape index (κ2) is 7.48. The Morgan fingerprint density at radius 3 is 2.48 bits per heavy atom. The molecule has 132 valence electrons. The lowest BCUT2D eigenvalue weighted by atomic mass is 10.0. The number of amides is 4. The largest absolute Gasteiger partial charge is 0.331 e. The molecule has 0 aliphatic carbocycles. The summed E-state index contributed by atoms with van der Waals surface area (Å²) in [5.74, 6) is -2.29. The lowest BCUT2D eigenvalue weighted by Crippen LogP contribution is -2.59. The van der Waals surface area contributed by atoms with E-state index < -0.39 is 23.8 Å². The molecule has 3 rings (SSSR count). The van der Waals surface area contributed by atoms with Crippen LogP contribution in [0, 0.1) is 5.92 Å². The second-order valence-corrected chi connectivity index (χ2v) is 6.32. The molecule has 0 bridgehead atoms. The highest BCUT2D eigenvalue weighted by atomic mass is 16.2. The van der Waals surface area contributed by atoms with Crippen LogP contribution < -0.4 is 10.7 Å². The van der Waals surface area contributed by atoms with Gasteiger partial charge in [0.25, 0.3) is 0 Å². The summed E-state index contributed by atoms with van der Waals surface area (Å²) in [7, 11) is 0. The van der Waals surface area contributed by atoms with Gasteiger partial charge in [-0.05, 0) is 18.4 Å². The maximum atomic E-state index is 12.8. The van der Waals surface area contributed by atoms with Gasteiger partial charge in [0, 0.05) is 18.8 Å². The molecule has 0 unspecified atom stereocenters. The fourth-order valence-corrected chi connectivity index (χ4v) is 3.11. The van der Waals surface area contributed by atoms with Gasteiger partial charge in [0.05, 0.1) is 6.54 Å². The first kappa shape index (κ1) is 17.2. The third-order valence-corrected chi connectivity index (χ3v) is 4.44. The van der Waals surface area contributed by atoms with Crippen LogP contribution in [-0.4, -0.2) is 40.8 Å². The van der Waals surface area contributed by atoms with Gasteiger partial charge in [-0.1, -0.05) is 43.3 Å². The zero-order valence-electron chi connectivity index (χ0n) is 14.0. The van der Waals surface area contributed by atoms with Crippen molar-refractivity contribution in [2.24, 2.45) is 5.92 Å². The van der Waals surface area contributed by atoms with E-state index in [4.69, 9.17) is 0 Å². The molecule has 0 radical (unpaired) electrons. The summed E-state index contributed by atoms with van der Waals surface area (Å²) in [4.78, 5) is 38.1. The van der Waals surface area contributed by atoms with Gasteiger partial charge < -0.3 is 5.43 Å². The minimum atomic E-state index is -1.11. The number of nitrogens with one attached hydrogen (secondary N) is 2. The standard InChI is InChI=1S/C18H22N4O3/c1-13(20-21-10-6-3-7-11-21)15-16(23)19-18(25)22(17(15)24)12-14-8-4-2-5-9-14/h2,4-5,8-9,15,20H,1,3,6-7,10-12H2,(H,19,23,25)/t15-/m1/s1. The van der Waals surface area contributed by atoms with Crippen molar-refractivity contribution in [1.82, 2.24) is 20.7 Å². The van der Waals surface area contributed by atoms with Crippen LogP contribution in [0.1, 0.15) is 24.8 Å². The van der Waals surface area contributed by atoms with Crippen LogP contribution in [0.2, 0.25) is 0 Å². The Labute approximate surface area is 146 Å². The number of barbiturate groups is 1. The predicted octanol–water partition coefficient (Wildman–Crippen LogP) is 1.39. The van der Waals surface area contributed by atoms with Gasteiger partial charge in [0.1, 0.15) is 0 Å². The number of urea groups is 1. The Hall–Kier alpha value is -2.67. The third-order valence-electron chi connectivity index (χ3n) is 4.44. The van der Waals surface area contributed by atoms with Crippen LogP contribution >= 0.6 is 0 Å². The van der Waals surface area contributed by atoms with Crippen molar-refractivity contribution in [2.75, 3.05) is 13.1 Å².